The maximum atomic E-state index is 12.1. The molecule has 2 aromatic carbocycles. The van der Waals surface area contributed by atoms with Crippen LogP contribution in [0.3, 0.4) is 0 Å². The van der Waals surface area contributed by atoms with Crippen LogP contribution in [0.25, 0.3) is 0 Å². The normalized spacial score (nSPS) is 9.85. The van der Waals surface area contributed by atoms with E-state index < -0.39 is 0 Å². The maximum absolute atomic E-state index is 12.1. The highest BCUT2D eigenvalue weighted by Crippen LogP contribution is 2.23. The second kappa shape index (κ2) is 5.95. The summed E-state index contributed by atoms with van der Waals surface area (Å²) in [5.41, 5.74) is 7.30. The van der Waals surface area contributed by atoms with E-state index in [4.69, 9.17) is 22.6 Å². The van der Waals surface area contributed by atoms with E-state index in [-0.39, 0.29) is 5.91 Å². The van der Waals surface area contributed by atoms with Crippen molar-refractivity contribution in [1.82, 2.24) is 0 Å². The highest BCUT2D eigenvalue weighted by atomic mass is 79.9. The summed E-state index contributed by atoms with van der Waals surface area (Å²) in [6.45, 7) is 0. The average molecular weight is 351 g/mol. The average Bonchev–Trinajstić information content (AvgIpc) is 2.42. The van der Waals surface area contributed by atoms with Crippen LogP contribution in [0.1, 0.15) is 15.9 Å². The Kier molecular flexibility index (Phi) is 4.28. The van der Waals surface area contributed by atoms with Gasteiger partial charge in [0.2, 0.25) is 0 Å². The predicted octanol–water partition coefficient (Wildman–Crippen LogP) is 3.81. The van der Waals surface area contributed by atoms with Gasteiger partial charge in [0, 0.05) is 20.7 Å². The van der Waals surface area contributed by atoms with Crippen LogP contribution < -0.4 is 11.1 Å². The first-order chi connectivity index (χ1) is 9.51. The minimum Gasteiger partial charge on any atom is -0.398 e. The summed E-state index contributed by atoms with van der Waals surface area (Å²) in [6, 6.07) is 11.5. The summed E-state index contributed by atoms with van der Waals surface area (Å²) in [7, 11) is 0. The fourth-order valence-corrected chi connectivity index (χ4v) is 2.02. The Morgan fingerprint density at radius 2 is 2.05 bits per heavy atom. The monoisotopic (exact) mass is 349 g/mol. The number of nitrogens with two attached hydrogens (primary N) is 1. The molecule has 0 heterocycles. The Hall–Kier alpha value is -2.03. The van der Waals surface area contributed by atoms with Crippen molar-refractivity contribution in [3.63, 3.8) is 0 Å². The number of amides is 1. The molecule has 0 atom stereocenters. The van der Waals surface area contributed by atoms with Gasteiger partial charge in [-0.25, -0.2) is 0 Å². The van der Waals surface area contributed by atoms with Crippen LogP contribution in [0.15, 0.2) is 40.9 Å². The third-order valence-electron chi connectivity index (χ3n) is 2.61. The first-order valence-electron chi connectivity index (χ1n) is 5.57. The van der Waals surface area contributed by atoms with Crippen molar-refractivity contribution in [3.8, 4) is 6.07 Å². The van der Waals surface area contributed by atoms with E-state index in [1.807, 2.05) is 6.07 Å². The number of benzene rings is 2. The van der Waals surface area contributed by atoms with Crippen LogP contribution in [0.5, 0.6) is 0 Å². The van der Waals surface area contributed by atoms with E-state index in [0.29, 0.717) is 27.5 Å². The largest absolute Gasteiger partial charge is 0.398 e. The summed E-state index contributed by atoms with van der Waals surface area (Å²) in [6.07, 6.45) is 0. The van der Waals surface area contributed by atoms with Gasteiger partial charge in [0.15, 0.2) is 0 Å². The second-order valence-electron chi connectivity index (χ2n) is 3.99. The first kappa shape index (κ1) is 14.4. The van der Waals surface area contributed by atoms with E-state index in [0.717, 1.165) is 4.47 Å². The lowest BCUT2D eigenvalue weighted by atomic mass is 10.1. The molecule has 0 fully saturated rings. The number of anilines is 2. The SMILES string of the molecule is N#Cc1ccc(Cl)cc1NC(=O)c1ccc(Br)c(N)c1. The van der Waals surface area contributed by atoms with E-state index in [1.165, 1.54) is 6.07 Å². The van der Waals surface area contributed by atoms with Crippen molar-refractivity contribution in [2.45, 2.75) is 0 Å². The molecule has 0 saturated heterocycles. The molecule has 3 N–H and O–H groups in total. The molecule has 0 unspecified atom stereocenters. The number of nitrogen functional groups attached to an aromatic ring is 1. The van der Waals surface area contributed by atoms with Crippen LogP contribution in [0.4, 0.5) is 11.4 Å². The molecule has 0 aliphatic rings. The molecule has 6 heteroatoms. The van der Waals surface area contributed by atoms with Gasteiger partial charge in [0.25, 0.3) is 5.91 Å². The van der Waals surface area contributed by atoms with E-state index in [1.54, 1.807) is 30.3 Å². The highest BCUT2D eigenvalue weighted by molar-refractivity contribution is 9.10. The highest BCUT2D eigenvalue weighted by Gasteiger charge is 2.11. The van der Waals surface area contributed by atoms with Gasteiger partial charge in [-0.1, -0.05) is 11.6 Å². The van der Waals surface area contributed by atoms with Crippen molar-refractivity contribution in [3.05, 3.63) is 57.0 Å². The molecule has 1 amide bonds. The third-order valence-corrected chi connectivity index (χ3v) is 3.57. The Labute approximate surface area is 129 Å². The summed E-state index contributed by atoms with van der Waals surface area (Å²) < 4.78 is 0.717. The molecule has 0 saturated carbocycles. The van der Waals surface area contributed by atoms with E-state index in [9.17, 15) is 4.79 Å². The van der Waals surface area contributed by atoms with Crippen molar-refractivity contribution in [2.75, 3.05) is 11.1 Å². The number of halogens is 2. The number of nitriles is 1. The first-order valence-corrected chi connectivity index (χ1v) is 6.74. The van der Waals surface area contributed by atoms with Gasteiger partial charge in [-0.3, -0.25) is 4.79 Å². The molecule has 2 rings (SSSR count). The van der Waals surface area contributed by atoms with Crippen LogP contribution >= 0.6 is 27.5 Å². The molecule has 0 aromatic heterocycles. The quantitative estimate of drug-likeness (QED) is 0.808. The summed E-state index contributed by atoms with van der Waals surface area (Å²) in [4.78, 5) is 12.1. The lowest BCUT2D eigenvalue weighted by Gasteiger charge is -2.08. The minimum atomic E-state index is -0.358. The van der Waals surface area contributed by atoms with Crippen LogP contribution in [0, 0.1) is 11.3 Å². The van der Waals surface area contributed by atoms with E-state index in [2.05, 4.69) is 21.2 Å². The lowest BCUT2D eigenvalue weighted by molar-refractivity contribution is 0.102. The van der Waals surface area contributed by atoms with E-state index >= 15 is 0 Å². The van der Waals surface area contributed by atoms with Crippen LogP contribution in [-0.2, 0) is 0 Å². The molecular formula is C14H9BrClN3O. The number of hydrogen-bond acceptors (Lipinski definition) is 3. The van der Waals surface area contributed by atoms with Crippen molar-refractivity contribution < 1.29 is 4.79 Å². The zero-order valence-electron chi connectivity index (χ0n) is 10.2. The third kappa shape index (κ3) is 3.10. The molecule has 0 bridgehead atoms. The van der Waals surface area contributed by atoms with Gasteiger partial charge in [-0.2, -0.15) is 5.26 Å². The molecule has 0 aliphatic carbocycles. The molecule has 0 spiro atoms. The van der Waals surface area contributed by atoms with Gasteiger partial charge in [0.05, 0.1) is 11.3 Å². The Bertz CT molecular complexity index is 725. The number of rotatable bonds is 2. The molecular weight excluding hydrogens is 342 g/mol. The summed E-state index contributed by atoms with van der Waals surface area (Å²) in [5.74, 6) is -0.358. The Morgan fingerprint density at radius 3 is 2.70 bits per heavy atom. The molecule has 0 radical (unpaired) electrons. The van der Waals surface area contributed by atoms with Crippen LogP contribution in [-0.4, -0.2) is 5.91 Å². The zero-order valence-corrected chi connectivity index (χ0v) is 12.5. The smallest absolute Gasteiger partial charge is 0.255 e. The van der Waals surface area contributed by atoms with Gasteiger partial charge in [-0.05, 0) is 52.3 Å². The van der Waals surface area contributed by atoms with Gasteiger partial charge in [-0.15, -0.1) is 0 Å². The van der Waals surface area contributed by atoms with Crippen molar-refractivity contribution in [1.29, 1.82) is 5.26 Å². The minimum absolute atomic E-state index is 0.341. The number of hydrogen-bond donors (Lipinski definition) is 2. The maximum Gasteiger partial charge on any atom is 0.255 e. The summed E-state index contributed by atoms with van der Waals surface area (Å²) in [5, 5.41) is 12.1. The van der Waals surface area contributed by atoms with Gasteiger partial charge >= 0.3 is 0 Å². The lowest BCUT2D eigenvalue weighted by Crippen LogP contribution is -2.13. The Morgan fingerprint density at radius 1 is 1.30 bits per heavy atom. The predicted molar refractivity (Wildman–Crippen MR) is 82.7 cm³/mol. The second-order valence-corrected chi connectivity index (χ2v) is 5.28. The van der Waals surface area contributed by atoms with Crippen LogP contribution in [0.2, 0.25) is 5.02 Å². The fraction of sp³-hybridized carbons (Fsp3) is 0. The molecule has 0 aliphatic heterocycles. The number of carbonyl (C=O) groups excluding carboxylic acids is 1. The van der Waals surface area contributed by atoms with Crippen molar-refractivity contribution in [2.24, 2.45) is 0 Å². The van der Waals surface area contributed by atoms with Gasteiger partial charge in [0.1, 0.15) is 6.07 Å². The van der Waals surface area contributed by atoms with Gasteiger partial charge < -0.3 is 11.1 Å². The molecule has 20 heavy (non-hydrogen) atoms. The number of carbonyl (C=O) groups is 1. The zero-order chi connectivity index (χ0) is 14.7. The standard InChI is InChI=1S/C14H9BrClN3O/c15-11-4-2-8(5-12(11)18)14(20)19-13-6-10(16)3-1-9(13)7-17/h1-6H,18H2,(H,19,20). The molecule has 4 nitrogen and oxygen atoms in total. The molecule has 2 aromatic rings. The Balaban J connectivity index is 2.30. The molecule has 100 valence electrons. The number of nitrogens with one attached hydrogen (secondary N) is 1. The van der Waals surface area contributed by atoms with Crippen molar-refractivity contribution >= 4 is 44.8 Å². The number of nitrogens with zero attached hydrogens (tertiary/aromatic N) is 1. The topological polar surface area (TPSA) is 78.9 Å². The fourth-order valence-electron chi connectivity index (χ4n) is 1.60. The summed E-state index contributed by atoms with van der Waals surface area (Å²) >= 11 is 9.12.